The molecule has 0 fully saturated rings. The van der Waals surface area contributed by atoms with Gasteiger partial charge in [-0.3, -0.25) is 0 Å². The van der Waals surface area contributed by atoms with E-state index in [0.29, 0.717) is 6.10 Å². The fourth-order valence-corrected chi connectivity index (χ4v) is 1.02. The Hall–Kier alpha value is 0.390. The lowest BCUT2D eigenvalue weighted by Crippen LogP contribution is -2.03. The van der Waals surface area contributed by atoms with Crippen LogP contribution in [0.2, 0.25) is 0 Å². The van der Waals surface area contributed by atoms with Gasteiger partial charge < -0.3 is 4.52 Å². The molecule has 2 atom stereocenters. The molecule has 0 rings (SSSR count). The summed E-state index contributed by atoms with van der Waals surface area (Å²) in [5.74, 6) is 0. The third-order valence-corrected chi connectivity index (χ3v) is 1.64. The van der Waals surface area contributed by atoms with Gasteiger partial charge in [0.25, 0.3) is 0 Å². The highest BCUT2D eigenvalue weighted by molar-refractivity contribution is 7.09. The normalized spacial score (nSPS) is 13.9. The van der Waals surface area contributed by atoms with Gasteiger partial charge in [0, 0.05) is 9.47 Å². The summed E-state index contributed by atoms with van der Waals surface area (Å²) in [5.41, 5.74) is 0. The van der Waals surface area contributed by atoms with Crippen molar-refractivity contribution < 1.29 is 4.52 Å². The van der Waals surface area contributed by atoms with Crippen LogP contribution in [0.1, 0.15) is 33.1 Å². The van der Waals surface area contributed by atoms with Crippen LogP contribution < -0.4 is 0 Å². The van der Waals surface area contributed by atoms with Crippen LogP contribution in [0, 0.1) is 0 Å². The van der Waals surface area contributed by atoms with Crippen molar-refractivity contribution in [2.45, 2.75) is 39.2 Å². The largest absolute Gasteiger partial charge is 0.362 e. The maximum Gasteiger partial charge on any atom is 0.0608 e. The predicted octanol–water partition coefficient (Wildman–Crippen LogP) is 2.37. The summed E-state index contributed by atoms with van der Waals surface area (Å²) in [6, 6.07) is 0. The van der Waals surface area contributed by atoms with Gasteiger partial charge in [-0.2, -0.15) is 0 Å². The van der Waals surface area contributed by atoms with Crippen molar-refractivity contribution in [3.8, 4) is 0 Å². The molecule has 0 spiro atoms. The second-order valence-electron chi connectivity index (χ2n) is 1.96. The van der Waals surface area contributed by atoms with E-state index in [2.05, 4.69) is 23.3 Å². The van der Waals surface area contributed by atoms with E-state index in [1.54, 1.807) is 0 Å². The maximum absolute atomic E-state index is 5.06. The number of hydrogen-bond acceptors (Lipinski definition) is 1. The molecule has 2 heteroatoms. The maximum atomic E-state index is 5.06. The number of rotatable bonds is 4. The molecule has 0 aliphatic rings. The second kappa shape index (κ2) is 5.53. The van der Waals surface area contributed by atoms with Crippen LogP contribution in [0.15, 0.2) is 0 Å². The Morgan fingerprint density at radius 3 is 2.25 bits per heavy atom. The minimum absolute atomic E-state index is 0.463. The molecule has 0 saturated heterocycles. The molecule has 0 N–H and O–H groups in total. The zero-order chi connectivity index (χ0) is 6.41. The van der Waals surface area contributed by atoms with E-state index in [1.807, 2.05) is 0 Å². The van der Waals surface area contributed by atoms with Crippen LogP contribution in [0.5, 0.6) is 0 Å². The van der Waals surface area contributed by atoms with Crippen LogP contribution >= 0.6 is 9.47 Å². The molecule has 2 unspecified atom stereocenters. The molecule has 0 amide bonds. The lowest BCUT2D eigenvalue weighted by atomic mass is 10.2. The second-order valence-corrected chi connectivity index (χ2v) is 2.23. The van der Waals surface area contributed by atoms with E-state index < -0.39 is 0 Å². The smallest absolute Gasteiger partial charge is 0.0608 e. The first-order valence-corrected chi connectivity index (χ1v) is 3.67. The molecule has 0 radical (unpaired) electrons. The average Bonchev–Trinajstić information content (AvgIpc) is 1.83. The standard InChI is InChI=1S/C6H15OP/c1-3-5-6(4-2)7-8/h6H,3-5,8H2,1-2H3. The van der Waals surface area contributed by atoms with Crippen LogP contribution in [-0.2, 0) is 4.52 Å². The number of hydrogen-bond donors (Lipinski definition) is 0. The van der Waals surface area contributed by atoms with Crippen molar-refractivity contribution in [2.75, 3.05) is 0 Å². The van der Waals surface area contributed by atoms with E-state index in [1.165, 1.54) is 12.8 Å². The lowest BCUT2D eigenvalue weighted by molar-refractivity contribution is 0.220. The minimum Gasteiger partial charge on any atom is -0.362 e. The molecule has 0 saturated carbocycles. The Bertz CT molecular complexity index is 43.8. The summed E-state index contributed by atoms with van der Waals surface area (Å²) >= 11 is 0. The highest BCUT2D eigenvalue weighted by atomic mass is 31.0. The van der Waals surface area contributed by atoms with Gasteiger partial charge in [0.05, 0.1) is 6.10 Å². The van der Waals surface area contributed by atoms with Gasteiger partial charge in [-0.15, -0.1) is 0 Å². The van der Waals surface area contributed by atoms with E-state index in [0.717, 1.165) is 6.42 Å². The van der Waals surface area contributed by atoms with Crippen molar-refractivity contribution in [2.24, 2.45) is 0 Å². The predicted molar refractivity (Wildman–Crippen MR) is 39.8 cm³/mol. The van der Waals surface area contributed by atoms with Gasteiger partial charge in [-0.05, 0) is 12.8 Å². The highest BCUT2D eigenvalue weighted by Gasteiger charge is 1.99. The molecule has 8 heavy (non-hydrogen) atoms. The zero-order valence-corrected chi connectivity index (χ0v) is 6.84. The van der Waals surface area contributed by atoms with Gasteiger partial charge >= 0.3 is 0 Å². The van der Waals surface area contributed by atoms with Crippen molar-refractivity contribution in [1.82, 2.24) is 0 Å². The molecule has 0 aromatic carbocycles. The SMILES string of the molecule is CCCC(CC)OP. The van der Waals surface area contributed by atoms with Gasteiger partial charge in [-0.25, -0.2) is 0 Å². The Balaban J connectivity index is 3.07. The molecular formula is C6H15OP. The molecule has 0 aromatic rings. The van der Waals surface area contributed by atoms with Crippen LogP contribution in [0.4, 0.5) is 0 Å². The minimum atomic E-state index is 0.463. The summed E-state index contributed by atoms with van der Waals surface area (Å²) in [4.78, 5) is 0. The van der Waals surface area contributed by atoms with Gasteiger partial charge in [0.2, 0.25) is 0 Å². The van der Waals surface area contributed by atoms with Crippen LogP contribution in [-0.4, -0.2) is 6.10 Å². The summed E-state index contributed by atoms with van der Waals surface area (Å²) in [6.07, 6.45) is 3.98. The fraction of sp³-hybridized carbons (Fsp3) is 1.00. The first kappa shape index (κ1) is 8.39. The Morgan fingerprint density at radius 1 is 1.50 bits per heavy atom. The zero-order valence-electron chi connectivity index (χ0n) is 5.68. The molecule has 0 aromatic heterocycles. The van der Waals surface area contributed by atoms with E-state index in [-0.39, 0.29) is 0 Å². The Labute approximate surface area is 54.1 Å². The molecule has 1 nitrogen and oxygen atoms in total. The quantitative estimate of drug-likeness (QED) is 0.536. The molecule has 0 aliphatic carbocycles. The molecule has 0 aliphatic heterocycles. The van der Waals surface area contributed by atoms with Crippen molar-refractivity contribution in [3.05, 3.63) is 0 Å². The lowest BCUT2D eigenvalue weighted by Gasteiger charge is -2.09. The van der Waals surface area contributed by atoms with Crippen LogP contribution in [0.25, 0.3) is 0 Å². The van der Waals surface area contributed by atoms with Crippen molar-refractivity contribution >= 4 is 9.47 Å². The third kappa shape index (κ3) is 3.40. The fourth-order valence-electron chi connectivity index (χ4n) is 0.690. The van der Waals surface area contributed by atoms with Crippen molar-refractivity contribution in [3.63, 3.8) is 0 Å². The Kier molecular flexibility index (Phi) is 5.79. The summed E-state index contributed by atoms with van der Waals surface area (Å²) in [6.45, 7) is 4.32. The summed E-state index contributed by atoms with van der Waals surface area (Å²) in [7, 11) is 2.31. The first-order chi connectivity index (χ1) is 3.85. The summed E-state index contributed by atoms with van der Waals surface area (Å²) < 4.78 is 5.06. The molecular weight excluding hydrogens is 119 g/mol. The first-order valence-electron chi connectivity index (χ1n) is 3.20. The summed E-state index contributed by atoms with van der Waals surface area (Å²) in [5, 5.41) is 0. The van der Waals surface area contributed by atoms with Gasteiger partial charge in [0.15, 0.2) is 0 Å². The molecule has 0 heterocycles. The molecule has 0 bridgehead atoms. The van der Waals surface area contributed by atoms with Crippen molar-refractivity contribution in [1.29, 1.82) is 0 Å². The monoisotopic (exact) mass is 134 g/mol. The third-order valence-electron chi connectivity index (χ3n) is 1.26. The van der Waals surface area contributed by atoms with Gasteiger partial charge in [-0.1, -0.05) is 20.3 Å². The van der Waals surface area contributed by atoms with Crippen LogP contribution in [0.3, 0.4) is 0 Å². The highest BCUT2D eigenvalue weighted by Crippen LogP contribution is 2.08. The van der Waals surface area contributed by atoms with Gasteiger partial charge in [0.1, 0.15) is 0 Å². The molecule has 50 valence electrons. The van der Waals surface area contributed by atoms with E-state index in [4.69, 9.17) is 4.52 Å². The Morgan fingerprint density at radius 2 is 2.12 bits per heavy atom. The van der Waals surface area contributed by atoms with E-state index in [9.17, 15) is 0 Å². The topological polar surface area (TPSA) is 9.23 Å². The average molecular weight is 134 g/mol. The van der Waals surface area contributed by atoms with E-state index >= 15 is 0 Å².